The molecule has 5 rings (SSSR count). The number of aromatic nitrogens is 2. The van der Waals surface area contributed by atoms with E-state index < -0.39 is 28.5 Å². The van der Waals surface area contributed by atoms with Gasteiger partial charge in [0, 0.05) is 5.92 Å². The Hall–Kier alpha value is -4.44. The molecule has 3 aromatic carbocycles. The predicted molar refractivity (Wildman–Crippen MR) is 150 cm³/mol. The third kappa shape index (κ3) is 4.98. The largest absolute Gasteiger partial charge is 0.480 e. The molecule has 10 heteroatoms. The zero-order valence-electron chi connectivity index (χ0n) is 22.3. The Labute approximate surface area is 232 Å². The molecule has 0 bridgehead atoms. The molecule has 0 spiro atoms. The van der Waals surface area contributed by atoms with Gasteiger partial charge in [0.25, 0.3) is 10.0 Å². The fourth-order valence-electron chi connectivity index (χ4n) is 5.55. The van der Waals surface area contributed by atoms with Crippen LogP contribution >= 0.6 is 0 Å². The van der Waals surface area contributed by atoms with Crippen LogP contribution in [0.1, 0.15) is 56.6 Å². The lowest BCUT2D eigenvalue weighted by molar-refractivity contribution is -0.135. The average molecular weight is 560 g/mol. The number of aryl methyl sites for hydroxylation is 3. The van der Waals surface area contributed by atoms with Crippen LogP contribution in [-0.2, 0) is 14.8 Å². The molecule has 0 amide bonds. The van der Waals surface area contributed by atoms with Crippen LogP contribution in [0.2, 0.25) is 0 Å². The first kappa shape index (κ1) is 27.1. The van der Waals surface area contributed by atoms with Crippen molar-refractivity contribution in [1.29, 1.82) is 0 Å². The number of aliphatic carboxylic acids is 1. The second-order valence-corrected chi connectivity index (χ2v) is 12.0. The number of anilines is 1. The van der Waals surface area contributed by atoms with Gasteiger partial charge in [0.15, 0.2) is 0 Å². The van der Waals surface area contributed by atoms with E-state index in [1.165, 1.54) is 23.0 Å². The van der Waals surface area contributed by atoms with Crippen LogP contribution < -0.4 is 4.31 Å². The van der Waals surface area contributed by atoms with Crippen LogP contribution in [-0.4, -0.2) is 46.9 Å². The molecule has 4 aromatic rings. The summed E-state index contributed by atoms with van der Waals surface area (Å²) >= 11 is 0. The summed E-state index contributed by atoms with van der Waals surface area (Å²) in [6.45, 7) is 4.45. The molecule has 0 aliphatic heterocycles. The van der Waals surface area contributed by atoms with Gasteiger partial charge in [-0.3, -0.25) is 9.10 Å². The number of nitrogens with zero attached hydrogens (tertiary/aromatic N) is 3. The van der Waals surface area contributed by atoms with Gasteiger partial charge in [-0.15, -0.1) is 0 Å². The number of aromatic carboxylic acids is 1. The van der Waals surface area contributed by atoms with Crippen molar-refractivity contribution in [1.82, 2.24) is 9.78 Å². The highest BCUT2D eigenvalue weighted by atomic mass is 32.2. The first-order valence-electron chi connectivity index (χ1n) is 12.8. The monoisotopic (exact) mass is 559 g/mol. The van der Waals surface area contributed by atoms with E-state index in [1.807, 2.05) is 37.3 Å². The number of rotatable bonds is 9. The summed E-state index contributed by atoms with van der Waals surface area (Å²) in [5.41, 5.74) is 4.21. The molecule has 1 fully saturated rings. The van der Waals surface area contributed by atoms with Crippen molar-refractivity contribution in [3.63, 3.8) is 0 Å². The zero-order valence-corrected chi connectivity index (χ0v) is 23.1. The van der Waals surface area contributed by atoms with E-state index in [0.29, 0.717) is 22.5 Å². The van der Waals surface area contributed by atoms with Crippen molar-refractivity contribution in [2.75, 3.05) is 10.8 Å². The maximum Gasteiger partial charge on any atom is 0.339 e. The molecule has 40 heavy (non-hydrogen) atoms. The smallest absolute Gasteiger partial charge is 0.339 e. The van der Waals surface area contributed by atoms with E-state index in [-0.39, 0.29) is 28.0 Å². The predicted octanol–water partition coefficient (Wildman–Crippen LogP) is 5.05. The lowest BCUT2D eigenvalue weighted by atomic mass is 10.1. The minimum atomic E-state index is -4.26. The van der Waals surface area contributed by atoms with Crippen molar-refractivity contribution in [3.05, 3.63) is 106 Å². The molecule has 0 saturated heterocycles. The maximum atomic E-state index is 13.9. The first-order chi connectivity index (χ1) is 19.0. The van der Waals surface area contributed by atoms with Gasteiger partial charge in [-0.2, -0.15) is 5.10 Å². The molecule has 9 nitrogen and oxygen atoms in total. The average Bonchev–Trinajstić information content (AvgIpc) is 3.55. The zero-order chi connectivity index (χ0) is 28.8. The van der Waals surface area contributed by atoms with Crippen molar-refractivity contribution in [3.8, 4) is 5.69 Å². The lowest BCUT2D eigenvalue weighted by Gasteiger charge is -2.25. The molecular weight excluding hydrogens is 530 g/mol. The Kier molecular flexibility index (Phi) is 6.97. The highest BCUT2D eigenvalue weighted by Crippen LogP contribution is 2.55. The van der Waals surface area contributed by atoms with Gasteiger partial charge in [0.1, 0.15) is 12.1 Å². The van der Waals surface area contributed by atoms with Gasteiger partial charge >= 0.3 is 11.9 Å². The number of carboxylic acid groups (broad SMARTS) is 2. The van der Waals surface area contributed by atoms with Crippen LogP contribution in [0.15, 0.2) is 77.8 Å². The number of hydrogen-bond acceptors (Lipinski definition) is 5. The molecule has 1 aliphatic rings. The molecular formula is C30H29N3O6S. The number of carboxylic acids is 2. The van der Waals surface area contributed by atoms with Gasteiger partial charge < -0.3 is 10.2 Å². The normalized spacial score (nSPS) is 16.5. The standard InChI is InChI=1S/C30H29N3O6S/c1-18-12-19(2)29(20(3)13-18)40(38,39)32(17-27(34)35)22-10-7-11-23(14-22)33-28(26(16-31-33)30(36)37)25-15-24(25)21-8-5-4-6-9-21/h4-14,16,24-25H,15,17H2,1-3H3,(H,34,35)(H,36,37)/t24-,25+/m1/s1. The summed E-state index contributed by atoms with van der Waals surface area (Å²) < 4.78 is 30.2. The Morgan fingerprint density at radius 1 is 0.950 bits per heavy atom. The van der Waals surface area contributed by atoms with Gasteiger partial charge in [0.2, 0.25) is 0 Å². The third-order valence-corrected chi connectivity index (χ3v) is 9.28. The van der Waals surface area contributed by atoms with Crippen molar-refractivity contribution < 1.29 is 28.2 Å². The summed E-state index contributed by atoms with van der Waals surface area (Å²) in [4.78, 5) is 24.0. The lowest BCUT2D eigenvalue weighted by Crippen LogP contribution is -2.36. The highest BCUT2D eigenvalue weighted by molar-refractivity contribution is 7.93. The summed E-state index contributed by atoms with van der Waals surface area (Å²) in [5, 5.41) is 23.9. The third-order valence-electron chi connectivity index (χ3n) is 7.20. The molecule has 2 N–H and O–H groups in total. The molecule has 1 aliphatic carbocycles. The SMILES string of the molecule is Cc1cc(C)c(S(=O)(=O)N(CC(=O)O)c2cccc(-n3ncc(C(=O)O)c3[C@H]3C[C@@H]3c3ccccc3)c2)c(C)c1. The molecule has 1 saturated carbocycles. The Morgan fingerprint density at radius 2 is 1.62 bits per heavy atom. The summed E-state index contributed by atoms with van der Waals surface area (Å²) in [6, 6.07) is 19.7. The minimum Gasteiger partial charge on any atom is -0.480 e. The topological polar surface area (TPSA) is 130 Å². The van der Waals surface area contributed by atoms with E-state index in [0.717, 1.165) is 21.9 Å². The van der Waals surface area contributed by atoms with E-state index in [1.54, 1.807) is 38.1 Å². The van der Waals surface area contributed by atoms with E-state index in [2.05, 4.69) is 5.10 Å². The summed E-state index contributed by atoms with van der Waals surface area (Å²) in [5.74, 6) is -2.37. The maximum absolute atomic E-state index is 13.9. The Morgan fingerprint density at radius 3 is 2.25 bits per heavy atom. The van der Waals surface area contributed by atoms with Crippen LogP contribution in [0, 0.1) is 20.8 Å². The second-order valence-electron chi connectivity index (χ2n) is 10.2. The molecule has 0 radical (unpaired) electrons. The molecule has 1 heterocycles. The number of benzene rings is 3. The first-order valence-corrected chi connectivity index (χ1v) is 14.2. The Balaban J connectivity index is 1.60. The van der Waals surface area contributed by atoms with E-state index >= 15 is 0 Å². The number of hydrogen-bond donors (Lipinski definition) is 2. The van der Waals surface area contributed by atoms with E-state index in [9.17, 15) is 28.2 Å². The number of carbonyl (C=O) groups is 2. The van der Waals surface area contributed by atoms with Gasteiger partial charge in [-0.05, 0) is 68.0 Å². The fraction of sp³-hybridized carbons (Fsp3) is 0.233. The van der Waals surface area contributed by atoms with Crippen LogP contribution in [0.5, 0.6) is 0 Å². The van der Waals surface area contributed by atoms with Crippen LogP contribution in [0.25, 0.3) is 5.69 Å². The summed E-state index contributed by atoms with van der Waals surface area (Å²) in [7, 11) is -4.26. The van der Waals surface area contributed by atoms with Gasteiger partial charge in [-0.1, -0.05) is 54.1 Å². The van der Waals surface area contributed by atoms with Gasteiger partial charge in [0.05, 0.1) is 28.2 Å². The van der Waals surface area contributed by atoms with Crippen molar-refractivity contribution >= 4 is 27.6 Å². The van der Waals surface area contributed by atoms with Gasteiger partial charge in [-0.25, -0.2) is 17.9 Å². The molecule has 206 valence electrons. The van der Waals surface area contributed by atoms with Crippen LogP contribution in [0.4, 0.5) is 5.69 Å². The van der Waals surface area contributed by atoms with Crippen molar-refractivity contribution in [2.24, 2.45) is 0 Å². The highest BCUT2D eigenvalue weighted by Gasteiger charge is 2.44. The fourth-order valence-corrected chi connectivity index (χ4v) is 7.38. The molecule has 1 aromatic heterocycles. The van der Waals surface area contributed by atoms with Crippen molar-refractivity contribution in [2.45, 2.75) is 43.9 Å². The summed E-state index contributed by atoms with van der Waals surface area (Å²) in [6.07, 6.45) is 2.05. The quantitative estimate of drug-likeness (QED) is 0.294. The van der Waals surface area contributed by atoms with E-state index in [4.69, 9.17) is 0 Å². The molecule has 0 unspecified atom stereocenters. The minimum absolute atomic E-state index is 0.0568. The Bertz CT molecular complexity index is 1710. The van der Waals surface area contributed by atoms with Crippen LogP contribution in [0.3, 0.4) is 0 Å². The second kappa shape index (κ2) is 10.3. The molecule has 2 atom stereocenters. The number of sulfonamides is 1.